The Hall–Kier alpha value is -2.00. The number of rotatable bonds is 8. The van der Waals surface area contributed by atoms with Crippen LogP contribution in [0.1, 0.15) is 26.3 Å². The van der Waals surface area contributed by atoms with Crippen LogP contribution in [0.4, 0.5) is 0 Å². The van der Waals surface area contributed by atoms with Crippen LogP contribution in [-0.4, -0.2) is 55.4 Å². The standard InChI is InChI=1S/C19H23BrN2O5S/c1-5-21-19-22(6-2)18(24)15(28-19)10-12-8-13(20)17(14(9-12)25-4)27-11-16(23)26-7-3/h8-10H,5-7,11H2,1-4H3/b15-10-,21-19?. The van der Waals surface area contributed by atoms with Crippen LogP contribution in [-0.2, 0) is 14.3 Å². The molecule has 28 heavy (non-hydrogen) atoms. The largest absolute Gasteiger partial charge is 0.493 e. The van der Waals surface area contributed by atoms with E-state index in [1.54, 1.807) is 30.0 Å². The van der Waals surface area contributed by atoms with E-state index in [-0.39, 0.29) is 19.1 Å². The minimum Gasteiger partial charge on any atom is -0.493 e. The highest BCUT2D eigenvalue weighted by atomic mass is 79.9. The van der Waals surface area contributed by atoms with Crippen molar-refractivity contribution < 1.29 is 23.8 Å². The van der Waals surface area contributed by atoms with Gasteiger partial charge in [-0.3, -0.25) is 14.7 Å². The molecule has 1 saturated heterocycles. The third-order valence-corrected chi connectivity index (χ3v) is 5.32. The maximum absolute atomic E-state index is 12.6. The van der Waals surface area contributed by atoms with Gasteiger partial charge in [-0.15, -0.1) is 0 Å². The van der Waals surface area contributed by atoms with Crippen molar-refractivity contribution in [1.82, 2.24) is 4.90 Å². The van der Waals surface area contributed by atoms with Crippen molar-refractivity contribution in [1.29, 1.82) is 0 Å². The van der Waals surface area contributed by atoms with Gasteiger partial charge in [-0.1, -0.05) is 0 Å². The highest BCUT2D eigenvalue weighted by molar-refractivity contribution is 9.10. The summed E-state index contributed by atoms with van der Waals surface area (Å²) in [6, 6.07) is 3.55. The number of esters is 1. The van der Waals surface area contributed by atoms with Crippen molar-refractivity contribution in [2.24, 2.45) is 4.99 Å². The summed E-state index contributed by atoms with van der Waals surface area (Å²) >= 11 is 4.80. The van der Waals surface area contributed by atoms with Crippen LogP contribution in [0.3, 0.4) is 0 Å². The van der Waals surface area contributed by atoms with Gasteiger partial charge >= 0.3 is 5.97 Å². The van der Waals surface area contributed by atoms with Crippen molar-refractivity contribution in [3.05, 3.63) is 27.1 Å². The maximum atomic E-state index is 12.6. The molecule has 0 spiro atoms. The van der Waals surface area contributed by atoms with E-state index < -0.39 is 5.97 Å². The van der Waals surface area contributed by atoms with Gasteiger partial charge in [0, 0.05) is 13.1 Å². The topological polar surface area (TPSA) is 77.4 Å². The zero-order valence-electron chi connectivity index (χ0n) is 16.3. The first-order valence-electron chi connectivity index (χ1n) is 8.86. The van der Waals surface area contributed by atoms with Gasteiger partial charge in [0.1, 0.15) is 0 Å². The number of carbonyl (C=O) groups excluding carboxylic acids is 2. The Morgan fingerprint density at radius 1 is 1.32 bits per heavy atom. The van der Waals surface area contributed by atoms with Crippen LogP contribution < -0.4 is 9.47 Å². The van der Waals surface area contributed by atoms with Crippen molar-refractivity contribution >= 4 is 50.8 Å². The van der Waals surface area contributed by atoms with Crippen molar-refractivity contribution in [2.45, 2.75) is 20.8 Å². The predicted molar refractivity (Wildman–Crippen MR) is 114 cm³/mol. The van der Waals surface area contributed by atoms with Gasteiger partial charge < -0.3 is 14.2 Å². The Kier molecular flexibility index (Phi) is 8.37. The summed E-state index contributed by atoms with van der Waals surface area (Å²) in [6.45, 7) is 6.83. The number of thioether (sulfide) groups is 1. The van der Waals surface area contributed by atoms with Gasteiger partial charge in [0.15, 0.2) is 23.3 Å². The van der Waals surface area contributed by atoms with E-state index in [1.807, 2.05) is 13.8 Å². The minimum atomic E-state index is -0.460. The smallest absolute Gasteiger partial charge is 0.344 e. The predicted octanol–water partition coefficient (Wildman–Crippen LogP) is 3.71. The number of aliphatic imine (C=N–C) groups is 1. The van der Waals surface area contributed by atoms with Crippen LogP contribution in [0.25, 0.3) is 6.08 Å². The summed E-state index contributed by atoms with van der Waals surface area (Å²) in [5, 5.41) is 0.710. The van der Waals surface area contributed by atoms with E-state index in [0.717, 1.165) is 5.56 Å². The number of benzene rings is 1. The highest BCUT2D eigenvalue weighted by Gasteiger charge is 2.31. The average Bonchev–Trinajstić information content (AvgIpc) is 2.95. The fourth-order valence-corrected chi connectivity index (χ4v) is 4.17. The van der Waals surface area contributed by atoms with Crippen molar-refractivity contribution in [3.63, 3.8) is 0 Å². The van der Waals surface area contributed by atoms with Crippen LogP contribution in [0.15, 0.2) is 26.5 Å². The molecular weight excluding hydrogens is 448 g/mol. The second-order valence-electron chi connectivity index (χ2n) is 5.54. The number of ether oxygens (including phenoxy) is 3. The molecule has 0 bridgehead atoms. The quantitative estimate of drug-likeness (QED) is 0.425. The van der Waals surface area contributed by atoms with Gasteiger partial charge in [0.05, 0.1) is 23.1 Å². The molecule has 1 aliphatic rings. The van der Waals surface area contributed by atoms with Crippen molar-refractivity contribution in [2.75, 3.05) is 33.4 Å². The molecule has 0 aliphatic carbocycles. The van der Waals surface area contributed by atoms with Gasteiger partial charge in [0.2, 0.25) is 0 Å². The lowest BCUT2D eigenvalue weighted by Crippen LogP contribution is -2.28. The molecule has 1 fully saturated rings. The molecule has 0 atom stereocenters. The zero-order chi connectivity index (χ0) is 20.7. The van der Waals surface area contributed by atoms with Crippen LogP contribution in [0.5, 0.6) is 11.5 Å². The molecule has 0 N–H and O–H groups in total. The van der Waals surface area contributed by atoms with Gasteiger partial charge in [-0.2, -0.15) is 0 Å². The summed E-state index contributed by atoms with van der Waals surface area (Å²) in [5.41, 5.74) is 0.761. The third-order valence-electron chi connectivity index (χ3n) is 3.69. The molecule has 0 radical (unpaired) electrons. The number of hydrogen-bond donors (Lipinski definition) is 0. The first-order valence-corrected chi connectivity index (χ1v) is 10.5. The highest BCUT2D eigenvalue weighted by Crippen LogP contribution is 2.39. The molecule has 1 heterocycles. The Bertz CT molecular complexity index is 810. The number of carbonyl (C=O) groups is 2. The molecule has 9 heteroatoms. The van der Waals surface area contributed by atoms with Gasteiger partial charge in [-0.05, 0) is 72.2 Å². The SMILES string of the molecule is CCN=C1S/C(=C\c2cc(Br)c(OCC(=O)OCC)c(OC)c2)C(=O)N1CC. The average molecular weight is 471 g/mol. The van der Waals surface area contributed by atoms with Crippen LogP contribution in [0.2, 0.25) is 0 Å². The fourth-order valence-electron chi connectivity index (χ4n) is 2.49. The monoisotopic (exact) mass is 470 g/mol. The number of hydrogen-bond acceptors (Lipinski definition) is 7. The molecule has 2 rings (SSSR count). The summed E-state index contributed by atoms with van der Waals surface area (Å²) in [5.74, 6) is 0.303. The molecule has 1 aromatic carbocycles. The van der Waals surface area contributed by atoms with E-state index in [1.165, 1.54) is 18.9 Å². The van der Waals surface area contributed by atoms with E-state index in [9.17, 15) is 9.59 Å². The first kappa shape index (κ1) is 22.3. The zero-order valence-corrected chi connectivity index (χ0v) is 18.7. The second kappa shape index (κ2) is 10.5. The van der Waals surface area contributed by atoms with Gasteiger partial charge in [0.25, 0.3) is 5.91 Å². The lowest BCUT2D eigenvalue weighted by Gasteiger charge is -2.13. The molecule has 1 aromatic rings. The first-order chi connectivity index (χ1) is 13.4. The number of amidine groups is 1. The molecule has 1 aliphatic heterocycles. The lowest BCUT2D eigenvalue weighted by molar-refractivity contribution is -0.145. The molecule has 7 nitrogen and oxygen atoms in total. The Morgan fingerprint density at radius 2 is 2.07 bits per heavy atom. The molecule has 0 unspecified atom stereocenters. The van der Waals surface area contributed by atoms with Crippen molar-refractivity contribution in [3.8, 4) is 11.5 Å². The van der Waals surface area contributed by atoms with Crippen LogP contribution >= 0.6 is 27.7 Å². The number of amides is 1. The summed E-state index contributed by atoms with van der Waals surface area (Å²) in [4.78, 5) is 30.8. The maximum Gasteiger partial charge on any atom is 0.344 e. The summed E-state index contributed by atoms with van der Waals surface area (Å²) in [7, 11) is 1.51. The fraction of sp³-hybridized carbons (Fsp3) is 0.421. The normalized spacial score (nSPS) is 16.8. The molecule has 152 valence electrons. The minimum absolute atomic E-state index is 0.0718. The van der Waals surface area contributed by atoms with Crippen LogP contribution in [0, 0.1) is 0 Å². The second-order valence-corrected chi connectivity index (χ2v) is 7.41. The van der Waals surface area contributed by atoms with E-state index in [4.69, 9.17) is 14.2 Å². The van der Waals surface area contributed by atoms with E-state index in [0.29, 0.717) is 39.1 Å². The Labute approximate surface area is 177 Å². The number of methoxy groups -OCH3 is 1. The third kappa shape index (κ3) is 5.29. The molecule has 1 amide bonds. The lowest BCUT2D eigenvalue weighted by atomic mass is 10.2. The van der Waals surface area contributed by atoms with E-state index in [2.05, 4.69) is 20.9 Å². The number of likely N-dealkylation sites (N-methyl/N-ethyl adjacent to an activating group) is 1. The molecule has 0 aromatic heterocycles. The van der Waals surface area contributed by atoms with Gasteiger partial charge in [-0.25, -0.2) is 4.79 Å². The summed E-state index contributed by atoms with van der Waals surface area (Å²) in [6.07, 6.45) is 1.79. The Morgan fingerprint density at radius 3 is 2.68 bits per heavy atom. The molecule has 0 saturated carbocycles. The summed E-state index contributed by atoms with van der Waals surface area (Å²) < 4.78 is 16.4. The number of halogens is 1. The van der Waals surface area contributed by atoms with E-state index >= 15 is 0 Å². The Balaban J connectivity index is 2.29. The number of nitrogens with zero attached hydrogens (tertiary/aromatic N) is 2. The molecular formula is C19H23BrN2O5S.